The van der Waals surface area contributed by atoms with Crippen molar-refractivity contribution < 1.29 is 5.11 Å². The van der Waals surface area contributed by atoms with Crippen LogP contribution in [0.15, 0.2) is 24.3 Å². The van der Waals surface area contributed by atoms with Gasteiger partial charge in [0, 0.05) is 12.1 Å². The molecule has 2 fully saturated rings. The van der Waals surface area contributed by atoms with E-state index < -0.39 is 0 Å². The summed E-state index contributed by atoms with van der Waals surface area (Å²) in [6.07, 6.45) is 5.43. The molecule has 2 heterocycles. The Bertz CT molecular complexity index is 525. The molecule has 0 amide bonds. The summed E-state index contributed by atoms with van der Waals surface area (Å²) in [5, 5.41) is 12.2. The standard InChI is InChI=1S/C19H26N2O/c22-15-1-2-17-3-5-18(6-4-17)16-21-13-9-19(10-14-21)7-11-20-12-8-19/h3-6,20,22H,7-16H2. The summed E-state index contributed by atoms with van der Waals surface area (Å²) < 4.78 is 0. The van der Waals surface area contributed by atoms with Gasteiger partial charge in [-0.15, -0.1) is 0 Å². The zero-order valence-corrected chi connectivity index (χ0v) is 13.3. The van der Waals surface area contributed by atoms with Crippen LogP contribution in [0.3, 0.4) is 0 Å². The SMILES string of the molecule is OCC#Cc1ccc(CN2CCC3(CCNCC3)CC2)cc1. The molecule has 0 unspecified atom stereocenters. The maximum atomic E-state index is 8.72. The Kier molecular flexibility index (Phi) is 5.15. The zero-order valence-electron chi connectivity index (χ0n) is 13.3. The number of aliphatic hydroxyl groups is 1. The zero-order chi connectivity index (χ0) is 15.3. The highest BCUT2D eigenvalue weighted by Crippen LogP contribution is 2.39. The predicted molar refractivity (Wildman–Crippen MR) is 89.5 cm³/mol. The molecule has 2 N–H and O–H groups in total. The van der Waals surface area contributed by atoms with Gasteiger partial charge in [0.25, 0.3) is 0 Å². The summed E-state index contributed by atoms with van der Waals surface area (Å²) in [7, 11) is 0. The summed E-state index contributed by atoms with van der Waals surface area (Å²) in [4.78, 5) is 2.59. The molecule has 3 rings (SSSR count). The molecule has 3 nitrogen and oxygen atoms in total. The monoisotopic (exact) mass is 298 g/mol. The average Bonchev–Trinajstić information content (AvgIpc) is 2.57. The Morgan fingerprint density at radius 2 is 1.73 bits per heavy atom. The van der Waals surface area contributed by atoms with Crippen molar-refractivity contribution in [1.29, 1.82) is 0 Å². The van der Waals surface area contributed by atoms with Crippen molar-refractivity contribution in [3.8, 4) is 11.8 Å². The molecule has 118 valence electrons. The van der Waals surface area contributed by atoms with Gasteiger partial charge in [0.1, 0.15) is 6.61 Å². The fourth-order valence-corrected chi connectivity index (χ4v) is 3.74. The first-order valence-electron chi connectivity index (χ1n) is 8.41. The normalized spacial score (nSPS) is 21.3. The molecule has 0 bridgehead atoms. The van der Waals surface area contributed by atoms with Gasteiger partial charge in [-0.1, -0.05) is 24.0 Å². The number of rotatable bonds is 2. The van der Waals surface area contributed by atoms with E-state index in [4.69, 9.17) is 5.11 Å². The van der Waals surface area contributed by atoms with Crippen molar-refractivity contribution in [3.05, 3.63) is 35.4 Å². The van der Waals surface area contributed by atoms with Gasteiger partial charge in [0.2, 0.25) is 0 Å². The van der Waals surface area contributed by atoms with E-state index in [1.807, 2.05) is 0 Å². The van der Waals surface area contributed by atoms with Crippen LogP contribution in [0.5, 0.6) is 0 Å². The third kappa shape index (κ3) is 3.89. The fourth-order valence-electron chi connectivity index (χ4n) is 3.74. The number of benzene rings is 1. The Morgan fingerprint density at radius 1 is 1.05 bits per heavy atom. The average molecular weight is 298 g/mol. The van der Waals surface area contributed by atoms with Crippen LogP contribution >= 0.6 is 0 Å². The molecule has 2 saturated heterocycles. The van der Waals surface area contributed by atoms with Crippen molar-refractivity contribution >= 4 is 0 Å². The largest absolute Gasteiger partial charge is 0.384 e. The molecule has 0 aromatic heterocycles. The maximum absolute atomic E-state index is 8.72. The summed E-state index contributed by atoms with van der Waals surface area (Å²) in [6, 6.07) is 8.43. The highest BCUT2D eigenvalue weighted by molar-refractivity contribution is 5.36. The number of hydrogen-bond acceptors (Lipinski definition) is 3. The lowest BCUT2D eigenvalue weighted by Crippen LogP contribution is -2.45. The van der Waals surface area contributed by atoms with Gasteiger partial charge in [0.05, 0.1) is 0 Å². The van der Waals surface area contributed by atoms with Crippen LogP contribution in [-0.2, 0) is 6.54 Å². The summed E-state index contributed by atoms with van der Waals surface area (Å²) in [5.41, 5.74) is 2.96. The molecular formula is C19H26N2O. The Morgan fingerprint density at radius 3 is 2.36 bits per heavy atom. The first kappa shape index (κ1) is 15.6. The van der Waals surface area contributed by atoms with Crippen molar-refractivity contribution in [2.75, 3.05) is 32.8 Å². The summed E-state index contributed by atoms with van der Waals surface area (Å²) in [6.45, 7) is 5.83. The van der Waals surface area contributed by atoms with Crippen LogP contribution in [0, 0.1) is 17.3 Å². The van der Waals surface area contributed by atoms with Crippen molar-refractivity contribution in [3.63, 3.8) is 0 Å². The predicted octanol–water partition coefficient (Wildman–Crippen LogP) is 2.00. The van der Waals surface area contributed by atoms with E-state index in [2.05, 4.69) is 46.3 Å². The van der Waals surface area contributed by atoms with E-state index in [1.54, 1.807) is 0 Å². The van der Waals surface area contributed by atoms with E-state index in [9.17, 15) is 0 Å². The lowest BCUT2D eigenvalue weighted by molar-refractivity contribution is 0.0701. The first-order chi connectivity index (χ1) is 10.8. The van der Waals surface area contributed by atoms with Gasteiger partial charge in [-0.3, -0.25) is 4.90 Å². The quantitative estimate of drug-likeness (QED) is 0.820. The number of aliphatic hydroxyl groups excluding tert-OH is 1. The maximum Gasteiger partial charge on any atom is 0.104 e. The topological polar surface area (TPSA) is 35.5 Å². The number of hydrogen-bond donors (Lipinski definition) is 2. The molecule has 1 aromatic rings. The molecule has 2 aliphatic rings. The van der Waals surface area contributed by atoms with Gasteiger partial charge in [0.15, 0.2) is 0 Å². The van der Waals surface area contributed by atoms with Crippen LogP contribution < -0.4 is 5.32 Å². The number of nitrogens with one attached hydrogen (secondary N) is 1. The van der Waals surface area contributed by atoms with Crippen LogP contribution in [0.2, 0.25) is 0 Å². The third-order valence-corrected chi connectivity index (χ3v) is 5.25. The minimum Gasteiger partial charge on any atom is -0.384 e. The molecule has 22 heavy (non-hydrogen) atoms. The van der Waals surface area contributed by atoms with Crippen molar-refractivity contribution in [2.24, 2.45) is 5.41 Å². The first-order valence-corrected chi connectivity index (χ1v) is 8.41. The number of likely N-dealkylation sites (tertiary alicyclic amines) is 1. The summed E-state index contributed by atoms with van der Waals surface area (Å²) in [5.74, 6) is 5.63. The van der Waals surface area contributed by atoms with E-state index in [-0.39, 0.29) is 6.61 Å². The smallest absolute Gasteiger partial charge is 0.104 e. The molecule has 3 heteroatoms. The second-order valence-electron chi connectivity index (χ2n) is 6.68. The van der Waals surface area contributed by atoms with Crippen LogP contribution in [0.1, 0.15) is 36.8 Å². The van der Waals surface area contributed by atoms with Crippen LogP contribution in [0.4, 0.5) is 0 Å². The third-order valence-electron chi connectivity index (χ3n) is 5.25. The lowest BCUT2D eigenvalue weighted by Gasteiger charge is -2.44. The minimum atomic E-state index is -0.0766. The Balaban J connectivity index is 1.52. The van der Waals surface area contributed by atoms with E-state index in [0.29, 0.717) is 5.41 Å². The van der Waals surface area contributed by atoms with E-state index >= 15 is 0 Å². The minimum absolute atomic E-state index is 0.0766. The van der Waals surface area contributed by atoms with Crippen LogP contribution in [-0.4, -0.2) is 42.8 Å². The van der Waals surface area contributed by atoms with Crippen LogP contribution in [0.25, 0.3) is 0 Å². The Hall–Kier alpha value is -1.34. The molecule has 0 radical (unpaired) electrons. The Labute approximate surface area is 133 Å². The molecule has 0 saturated carbocycles. The van der Waals surface area contributed by atoms with Gasteiger partial charge in [-0.25, -0.2) is 0 Å². The van der Waals surface area contributed by atoms with E-state index in [1.165, 1.54) is 57.4 Å². The summed E-state index contributed by atoms with van der Waals surface area (Å²) >= 11 is 0. The second-order valence-corrected chi connectivity index (χ2v) is 6.68. The molecule has 1 spiro atoms. The molecule has 1 aromatic carbocycles. The molecular weight excluding hydrogens is 272 g/mol. The molecule has 0 atom stereocenters. The molecule has 0 aliphatic carbocycles. The number of nitrogens with zero attached hydrogens (tertiary/aromatic N) is 1. The highest BCUT2D eigenvalue weighted by atomic mass is 16.2. The molecule has 2 aliphatic heterocycles. The number of piperidine rings is 2. The fraction of sp³-hybridized carbons (Fsp3) is 0.579. The van der Waals surface area contributed by atoms with Gasteiger partial charge in [-0.05, 0) is 75.0 Å². The van der Waals surface area contributed by atoms with E-state index in [0.717, 1.165) is 12.1 Å². The van der Waals surface area contributed by atoms with Gasteiger partial charge < -0.3 is 10.4 Å². The van der Waals surface area contributed by atoms with Crippen molar-refractivity contribution in [1.82, 2.24) is 10.2 Å². The van der Waals surface area contributed by atoms with Gasteiger partial charge in [-0.2, -0.15) is 0 Å². The highest BCUT2D eigenvalue weighted by Gasteiger charge is 2.35. The van der Waals surface area contributed by atoms with Crippen molar-refractivity contribution in [2.45, 2.75) is 32.2 Å². The van der Waals surface area contributed by atoms with Gasteiger partial charge >= 0.3 is 0 Å². The second kappa shape index (κ2) is 7.28. The lowest BCUT2D eigenvalue weighted by atomic mass is 9.71.